The Balaban J connectivity index is 2.12. The van der Waals surface area contributed by atoms with E-state index in [1.54, 1.807) is 6.07 Å². The number of hydrogen-bond acceptors (Lipinski definition) is 2. The molecular weight excluding hydrogens is 188 g/mol. The van der Waals surface area contributed by atoms with Crippen molar-refractivity contribution in [3.63, 3.8) is 0 Å². The van der Waals surface area contributed by atoms with Gasteiger partial charge in [0.05, 0.1) is 0 Å². The Labute approximate surface area is 88.7 Å². The molecule has 1 amide bonds. The van der Waals surface area contributed by atoms with Crippen LogP contribution in [0.2, 0.25) is 0 Å². The number of anilines is 1. The number of nitrogens with one attached hydrogen (secondary N) is 1. The normalized spacial score (nSPS) is 20.5. The van der Waals surface area contributed by atoms with Crippen LogP contribution in [0.15, 0.2) is 18.2 Å². The third-order valence-electron chi connectivity index (χ3n) is 3.65. The fraction of sp³-hybridized carbons (Fsp3) is 0.417. The average Bonchev–Trinajstić information content (AvgIpc) is 2.99. The number of fused-ring (bicyclic) bond motifs is 2. The first-order chi connectivity index (χ1) is 7.21. The Morgan fingerprint density at radius 2 is 2.13 bits per heavy atom. The Hall–Kier alpha value is -1.51. The van der Waals surface area contributed by atoms with E-state index in [1.807, 2.05) is 12.1 Å². The minimum Gasteiger partial charge on any atom is -0.385 e. The topological polar surface area (TPSA) is 55.1 Å². The number of benzene rings is 1. The van der Waals surface area contributed by atoms with Gasteiger partial charge < -0.3 is 11.1 Å². The lowest BCUT2D eigenvalue weighted by Crippen LogP contribution is -2.23. The maximum absolute atomic E-state index is 11.1. The standard InChI is InChI=1S/C12H14N2O/c13-11(15)8-1-2-10-9(7-8)12(3-4-12)5-6-14-10/h1-2,7,14H,3-6H2,(H2,13,15). The molecule has 15 heavy (non-hydrogen) atoms. The lowest BCUT2D eigenvalue weighted by molar-refractivity contribution is 0.1000. The van der Waals surface area contributed by atoms with Crippen LogP contribution in [-0.2, 0) is 5.41 Å². The maximum atomic E-state index is 11.1. The van der Waals surface area contributed by atoms with E-state index in [2.05, 4.69) is 5.32 Å². The number of primary amides is 1. The molecule has 1 aliphatic heterocycles. The molecule has 3 rings (SSSR count). The van der Waals surface area contributed by atoms with Crippen LogP contribution in [0.1, 0.15) is 35.2 Å². The molecule has 3 nitrogen and oxygen atoms in total. The molecule has 3 N–H and O–H groups in total. The summed E-state index contributed by atoms with van der Waals surface area (Å²) < 4.78 is 0. The summed E-state index contributed by atoms with van der Waals surface area (Å²) in [4.78, 5) is 11.1. The highest BCUT2D eigenvalue weighted by Gasteiger charge is 2.46. The average molecular weight is 202 g/mol. The number of carbonyl (C=O) groups excluding carboxylic acids is 1. The Morgan fingerprint density at radius 3 is 2.80 bits per heavy atom. The highest BCUT2D eigenvalue weighted by Crippen LogP contribution is 2.55. The molecule has 2 aliphatic rings. The first kappa shape index (κ1) is 8.77. The van der Waals surface area contributed by atoms with E-state index in [0.717, 1.165) is 6.54 Å². The fourth-order valence-electron chi connectivity index (χ4n) is 2.53. The van der Waals surface area contributed by atoms with Crippen molar-refractivity contribution in [3.8, 4) is 0 Å². The molecule has 1 spiro atoms. The van der Waals surface area contributed by atoms with Crippen molar-refractivity contribution < 1.29 is 4.79 Å². The van der Waals surface area contributed by atoms with Crippen molar-refractivity contribution in [2.75, 3.05) is 11.9 Å². The fourth-order valence-corrected chi connectivity index (χ4v) is 2.53. The molecule has 1 saturated carbocycles. The monoisotopic (exact) mass is 202 g/mol. The molecule has 0 atom stereocenters. The highest BCUT2D eigenvalue weighted by atomic mass is 16.1. The van der Waals surface area contributed by atoms with E-state index in [4.69, 9.17) is 5.73 Å². The molecular formula is C12H14N2O. The molecule has 0 aromatic heterocycles. The Morgan fingerprint density at radius 1 is 1.33 bits per heavy atom. The van der Waals surface area contributed by atoms with Crippen LogP contribution in [0.3, 0.4) is 0 Å². The van der Waals surface area contributed by atoms with Gasteiger partial charge in [-0.25, -0.2) is 0 Å². The SMILES string of the molecule is NC(=O)c1ccc2c(c1)C1(CCN2)CC1. The van der Waals surface area contributed by atoms with Crippen molar-refractivity contribution in [1.82, 2.24) is 0 Å². The van der Waals surface area contributed by atoms with Gasteiger partial charge in [0, 0.05) is 17.8 Å². The smallest absolute Gasteiger partial charge is 0.248 e. The largest absolute Gasteiger partial charge is 0.385 e. The molecule has 1 aliphatic carbocycles. The molecule has 0 unspecified atom stereocenters. The molecule has 1 fully saturated rings. The predicted molar refractivity (Wildman–Crippen MR) is 59.0 cm³/mol. The van der Waals surface area contributed by atoms with Gasteiger partial charge in [-0.05, 0) is 48.4 Å². The summed E-state index contributed by atoms with van der Waals surface area (Å²) in [6.07, 6.45) is 3.69. The first-order valence-electron chi connectivity index (χ1n) is 5.40. The Kier molecular flexibility index (Phi) is 1.61. The van der Waals surface area contributed by atoms with Crippen LogP contribution in [-0.4, -0.2) is 12.5 Å². The molecule has 0 bridgehead atoms. The Bertz CT molecular complexity index is 435. The third kappa shape index (κ3) is 1.23. The zero-order chi connectivity index (χ0) is 10.5. The van der Waals surface area contributed by atoms with Crippen molar-refractivity contribution in [2.24, 2.45) is 5.73 Å². The van der Waals surface area contributed by atoms with Gasteiger partial charge in [-0.1, -0.05) is 0 Å². The van der Waals surface area contributed by atoms with Crippen molar-refractivity contribution >= 4 is 11.6 Å². The van der Waals surface area contributed by atoms with Crippen molar-refractivity contribution in [3.05, 3.63) is 29.3 Å². The molecule has 0 saturated heterocycles. The number of nitrogens with two attached hydrogens (primary N) is 1. The van der Waals surface area contributed by atoms with E-state index >= 15 is 0 Å². The zero-order valence-corrected chi connectivity index (χ0v) is 8.55. The number of rotatable bonds is 1. The summed E-state index contributed by atoms with van der Waals surface area (Å²) >= 11 is 0. The number of amides is 1. The molecule has 1 heterocycles. The lowest BCUT2D eigenvalue weighted by atomic mass is 9.87. The van der Waals surface area contributed by atoms with Crippen LogP contribution in [0.25, 0.3) is 0 Å². The minimum atomic E-state index is -0.334. The first-order valence-corrected chi connectivity index (χ1v) is 5.40. The van der Waals surface area contributed by atoms with E-state index in [1.165, 1.54) is 30.5 Å². The summed E-state index contributed by atoms with van der Waals surface area (Å²) in [6, 6.07) is 5.75. The minimum absolute atomic E-state index is 0.334. The number of hydrogen-bond donors (Lipinski definition) is 2. The quantitative estimate of drug-likeness (QED) is 0.727. The second kappa shape index (κ2) is 2.75. The molecule has 78 valence electrons. The van der Waals surface area contributed by atoms with Crippen LogP contribution in [0.4, 0.5) is 5.69 Å². The number of carbonyl (C=O) groups is 1. The molecule has 1 aromatic carbocycles. The van der Waals surface area contributed by atoms with Gasteiger partial charge in [-0.3, -0.25) is 4.79 Å². The summed E-state index contributed by atoms with van der Waals surface area (Å²) in [5, 5.41) is 3.37. The second-order valence-electron chi connectivity index (χ2n) is 4.58. The van der Waals surface area contributed by atoms with E-state index < -0.39 is 0 Å². The van der Waals surface area contributed by atoms with Gasteiger partial charge in [-0.15, -0.1) is 0 Å². The highest BCUT2D eigenvalue weighted by molar-refractivity contribution is 5.93. The van der Waals surface area contributed by atoms with E-state index in [-0.39, 0.29) is 5.91 Å². The van der Waals surface area contributed by atoms with Gasteiger partial charge in [0.1, 0.15) is 0 Å². The van der Waals surface area contributed by atoms with E-state index in [9.17, 15) is 4.79 Å². The van der Waals surface area contributed by atoms with Crippen LogP contribution >= 0.6 is 0 Å². The third-order valence-corrected chi connectivity index (χ3v) is 3.65. The summed E-state index contributed by atoms with van der Waals surface area (Å²) in [5.74, 6) is -0.334. The zero-order valence-electron chi connectivity index (χ0n) is 8.55. The van der Waals surface area contributed by atoms with Crippen LogP contribution in [0, 0.1) is 0 Å². The summed E-state index contributed by atoms with van der Waals surface area (Å²) in [6.45, 7) is 1.04. The van der Waals surface area contributed by atoms with Crippen LogP contribution < -0.4 is 11.1 Å². The van der Waals surface area contributed by atoms with Gasteiger partial charge >= 0.3 is 0 Å². The van der Waals surface area contributed by atoms with E-state index in [0.29, 0.717) is 11.0 Å². The van der Waals surface area contributed by atoms with Gasteiger partial charge in [0.2, 0.25) is 5.91 Å². The maximum Gasteiger partial charge on any atom is 0.248 e. The van der Waals surface area contributed by atoms with Crippen molar-refractivity contribution in [2.45, 2.75) is 24.7 Å². The molecule has 3 heteroatoms. The van der Waals surface area contributed by atoms with Gasteiger partial charge in [-0.2, -0.15) is 0 Å². The van der Waals surface area contributed by atoms with Gasteiger partial charge in [0.15, 0.2) is 0 Å². The molecule has 1 aromatic rings. The summed E-state index contributed by atoms with van der Waals surface area (Å²) in [7, 11) is 0. The van der Waals surface area contributed by atoms with Crippen LogP contribution in [0.5, 0.6) is 0 Å². The van der Waals surface area contributed by atoms with Gasteiger partial charge in [0.25, 0.3) is 0 Å². The molecule has 0 radical (unpaired) electrons. The second-order valence-corrected chi connectivity index (χ2v) is 4.58. The summed E-state index contributed by atoms with van der Waals surface area (Å²) in [5.41, 5.74) is 8.77. The van der Waals surface area contributed by atoms with Crippen molar-refractivity contribution in [1.29, 1.82) is 0 Å². The lowest BCUT2D eigenvalue weighted by Gasteiger charge is -2.26. The predicted octanol–water partition coefficient (Wildman–Crippen LogP) is 1.63.